The van der Waals surface area contributed by atoms with E-state index in [1.54, 1.807) is 19.1 Å². The van der Waals surface area contributed by atoms with Crippen LogP contribution in [0.1, 0.15) is 26.3 Å². The summed E-state index contributed by atoms with van der Waals surface area (Å²) in [6.07, 6.45) is 2.90. The number of thioether (sulfide) groups is 1. The molecule has 162 valence electrons. The van der Waals surface area contributed by atoms with Crippen molar-refractivity contribution < 1.29 is 13.5 Å². The van der Waals surface area contributed by atoms with Crippen molar-refractivity contribution in [3.05, 3.63) is 47.9 Å². The Morgan fingerprint density at radius 3 is 2.68 bits per heavy atom. The van der Waals surface area contributed by atoms with Gasteiger partial charge in [0.2, 0.25) is 0 Å². The molecule has 1 unspecified atom stereocenters. The highest BCUT2D eigenvalue weighted by Crippen LogP contribution is 2.45. The smallest absolute Gasteiger partial charge is 0.164 e. The van der Waals surface area contributed by atoms with Crippen molar-refractivity contribution in [3.63, 3.8) is 0 Å². The van der Waals surface area contributed by atoms with Crippen LogP contribution in [0.5, 0.6) is 5.75 Å². The van der Waals surface area contributed by atoms with Crippen LogP contribution in [0.25, 0.3) is 11.0 Å². The minimum Gasteiger partial charge on any atom is -0.495 e. The second-order valence-corrected chi connectivity index (χ2v) is 9.02. The summed E-state index contributed by atoms with van der Waals surface area (Å²) in [5.74, 6) is -1.10. The van der Waals surface area contributed by atoms with E-state index >= 15 is 0 Å². The molecule has 0 aliphatic carbocycles. The molecule has 4 rings (SSSR count). The molecule has 31 heavy (non-hydrogen) atoms. The molecule has 1 aliphatic rings. The third-order valence-corrected chi connectivity index (χ3v) is 6.88. The van der Waals surface area contributed by atoms with Gasteiger partial charge in [0.15, 0.2) is 22.6 Å². The van der Waals surface area contributed by atoms with Gasteiger partial charge >= 0.3 is 0 Å². The lowest BCUT2D eigenvalue weighted by molar-refractivity contribution is 0.308. The van der Waals surface area contributed by atoms with Crippen molar-refractivity contribution in [1.82, 2.24) is 15.0 Å². The lowest BCUT2D eigenvalue weighted by Crippen LogP contribution is -2.41. The van der Waals surface area contributed by atoms with Crippen LogP contribution in [0.2, 0.25) is 0 Å². The largest absolute Gasteiger partial charge is 0.495 e. The number of hydrogen-bond acceptors (Lipinski definition) is 8. The normalized spacial score (nSPS) is 23.5. The van der Waals surface area contributed by atoms with Gasteiger partial charge in [0.25, 0.3) is 0 Å². The van der Waals surface area contributed by atoms with Crippen molar-refractivity contribution in [1.29, 1.82) is 0 Å². The lowest BCUT2D eigenvalue weighted by Gasteiger charge is -2.40. The highest BCUT2D eigenvalue weighted by molar-refractivity contribution is 8.14. The fourth-order valence-electron chi connectivity index (χ4n) is 3.71. The minimum atomic E-state index is -1.02. The van der Waals surface area contributed by atoms with E-state index < -0.39 is 17.2 Å². The Morgan fingerprint density at radius 1 is 1.16 bits per heavy atom. The number of pyridine rings is 1. The molecule has 0 fully saturated rings. The van der Waals surface area contributed by atoms with Crippen LogP contribution >= 0.6 is 11.8 Å². The highest BCUT2D eigenvalue weighted by Gasteiger charge is 2.42. The number of rotatable bonds is 4. The summed E-state index contributed by atoms with van der Waals surface area (Å²) in [6, 6.07) is 4.34. The van der Waals surface area contributed by atoms with E-state index in [1.807, 2.05) is 13.8 Å². The topological polar surface area (TPSA) is 98.3 Å². The Balaban J connectivity index is 1.80. The van der Waals surface area contributed by atoms with E-state index in [-0.39, 0.29) is 16.7 Å². The van der Waals surface area contributed by atoms with Crippen LogP contribution in [0.4, 0.5) is 20.3 Å². The molecule has 3 aromatic rings. The van der Waals surface area contributed by atoms with Crippen molar-refractivity contribution in [2.24, 2.45) is 16.6 Å². The zero-order valence-electron chi connectivity index (χ0n) is 17.5. The van der Waals surface area contributed by atoms with Crippen LogP contribution in [0.15, 0.2) is 35.7 Å². The van der Waals surface area contributed by atoms with E-state index in [9.17, 15) is 8.78 Å². The number of anilines is 2. The first-order valence-corrected chi connectivity index (χ1v) is 10.5. The van der Waals surface area contributed by atoms with Gasteiger partial charge in [-0.2, -0.15) is 0 Å². The van der Waals surface area contributed by atoms with Gasteiger partial charge in [0.05, 0.1) is 24.4 Å². The van der Waals surface area contributed by atoms with Gasteiger partial charge in [0, 0.05) is 28.6 Å². The number of nitrogens with one attached hydrogen (secondary N) is 1. The number of nitrogens with two attached hydrogens (primary N) is 1. The predicted molar refractivity (Wildman–Crippen MR) is 119 cm³/mol. The summed E-state index contributed by atoms with van der Waals surface area (Å²) < 4.78 is 34.8. The van der Waals surface area contributed by atoms with Crippen molar-refractivity contribution >= 4 is 39.5 Å². The second-order valence-electron chi connectivity index (χ2n) is 7.62. The molecule has 0 amide bonds. The Bertz CT molecular complexity index is 1190. The first kappa shape index (κ1) is 21.2. The fraction of sp³-hybridized carbons (Fsp3) is 0.333. The van der Waals surface area contributed by atoms with Crippen LogP contribution in [-0.4, -0.2) is 32.5 Å². The molecular weight excluding hydrogens is 422 g/mol. The SMILES string of the molecule is COc1cnc2c(Nc3cc(F)c(F)c([C@@]4(C)N=C(N)S[C@@H](C)C4C)c3)ncnc2c1. The molecule has 0 bridgehead atoms. The summed E-state index contributed by atoms with van der Waals surface area (Å²) in [6.45, 7) is 5.73. The number of halogens is 2. The first-order chi connectivity index (χ1) is 14.7. The number of aliphatic imine (C=N–C) groups is 1. The number of methoxy groups -OCH3 is 1. The monoisotopic (exact) mass is 444 g/mol. The average molecular weight is 445 g/mol. The number of nitrogens with zero attached hydrogens (tertiary/aromatic N) is 4. The Kier molecular flexibility index (Phi) is 5.42. The second kappa shape index (κ2) is 7.92. The number of aromatic nitrogens is 3. The predicted octanol–water partition coefficient (Wildman–Crippen LogP) is 4.36. The van der Waals surface area contributed by atoms with Crippen LogP contribution in [0.3, 0.4) is 0 Å². The van der Waals surface area contributed by atoms with Crippen LogP contribution in [-0.2, 0) is 5.54 Å². The molecule has 10 heteroatoms. The lowest BCUT2D eigenvalue weighted by atomic mass is 9.78. The van der Waals surface area contributed by atoms with E-state index in [0.717, 1.165) is 6.07 Å². The quantitative estimate of drug-likeness (QED) is 0.617. The molecule has 7 nitrogen and oxygen atoms in total. The van der Waals surface area contributed by atoms with E-state index in [1.165, 1.54) is 31.4 Å². The third kappa shape index (κ3) is 3.76. The van der Waals surface area contributed by atoms with Crippen LogP contribution in [0, 0.1) is 17.6 Å². The Morgan fingerprint density at radius 2 is 1.94 bits per heavy atom. The van der Waals surface area contributed by atoms with Gasteiger partial charge < -0.3 is 15.8 Å². The Labute approximate surface area is 182 Å². The summed E-state index contributed by atoms with van der Waals surface area (Å²) in [4.78, 5) is 17.2. The highest BCUT2D eigenvalue weighted by atomic mass is 32.2. The van der Waals surface area contributed by atoms with Crippen LogP contribution < -0.4 is 15.8 Å². The zero-order chi connectivity index (χ0) is 22.3. The summed E-state index contributed by atoms with van der Waals surface area (Å²) in [5, 5.41) is 3.48. The summed E-state index contributed by atoms with van der Waals surface area (Å²) >= 11 is 1.43. The molecule has 1 aliphatic heterocycles. The maximum Gasteiger partial charge on any atom is 0.164 e. The maximum absolute atomic E-state index is 14.9. The van der Waals surface area contributed by atoms with Gasteiger partial charge in [0.1, 0.15) is 17.6 Å². The minimum absolute atomic E-state index is 0.0806. The average Bonchev–Trinajstić information content (AvgIpc) is 2.74. The van der Waals surface area contributed by atoms with Gasteiger partial charge in [-0.1, -0.05) is 25.6 Å². The summed E-state index contributed by atoms with van der Waals surface area (Å²) in [7, 11) is 1.54. The number of benzene rings is 1. The van der Waals surface area contributed by atoms with Gasteiger partial charge in [-0.15, -0.1) is 0 Å². The zero-order valence-corrected chi connectivity index (χ0v) is 18.3. The molecule has 0 saturated heterocycles. The van der Waals surface area contributed by atoms with E-state index in [4.69, 9.17) is 10.5 Å². The molecular formula is C21H22F2N6OS. The summed E-state index contributed by atoms with van der Waals surface area (Å²) in [5.41, 5.74) is 6.44. The third-order valence-electron chi connectivity index (χ3n) is 5.76. The molecule has 3 atom stereocenters. The number of amidine groups is 1. The number of ether oxygens (including phenoxy) is 1. The molecule has 3 N–H and O–H groups in total. The van der Waals surface area contributed by atoms with E-state index in [2.05, 4.69) is 25.3 Å². The fourth-order valence-corrected chi connectivity index (χ4v) is 4.80. The van der Waals surface area contributed by atoms with Crippen molar-refractivity contribution in [2.45, 2.75) is 31.6 Å². The number of fused-ring (bicyclic) bond motifs is 1. The molecule has 1 aromatic carbocycles. The van der Waals surface area contributed by atoms with Gasteiger partial charge in [-0.25, -0.2) is 23.7 Å². The maximum atomic E-state index is 14.9. The molecule has 0 spiro atoms. The van der Waals surface area contributed by atoms with E-state index in [0.29, 0.717) is 33.5 Å². The Hall–Kier alpha value is -3.01. The molecule has 0 saturated carbocycles. The number of hydrogen-bond donors (Lipinski definition) is 2. The van der Waals surface area contributed by atoms with Crippen molar-refractivity contribution in [3.8, 4) is 5.75 Å². The van der Waals surface area contributed by atoms with Gasteiger partial charge in [-0.05, 0) is 18.9 Å². The van der Waals surface area contributed by atoms with Gasteiger partial charge in [-0.3, -0.25) is 4.99 Å². The molecule has 2 aromatic heterocycles. The standard InChI is InChI=1S/C21H22F2N6OS/c1-10-11(2)31-20(24)29-21(10,3)14-5-12(6-15(22)17(14)23)28-19-18-16(26-9-27-19)7-13(30-4)8-25-18/h5-11H,1-4H3,(H2,24,29)(H,26,27,28)/t10?,11-,21-/m0/s1. The molecule has 0 radical (unpaired) electrons. The van der Waals surface area contributed by atoms with Crippen molar-refractivity contribution in [2.75, 3.05) is 12.4 Å². The molecule has 3 heterocycles. The first-order valence-electron chi connectivity index (χ1n) is 9.66.